The third kappa shape index (κ3) is 7.18. The molecule has 0 fully saturated rings. The van der Waals surface area contributed by atoms with Gasteiger partial charge in [-0.1, -0.05) is 22.0 Å². The lowest BCUT2D eigenvalue weighted by atomic mass is 10.1. The van der Waals surface area contributed by atoms with Gasteiger partial charge in [0.05, 0.1) is 6.42 Å². The molecule has 0 heterocycles. The smallest absolute Gasteiger partial charge is 0.374 e. The maximum Gasteiger partial charge on any atom is 0.390 e. The zero-order valence-corrected chi connectivity index (χ0v) is 14.4. The van der Waals surface area contributed by atoms with Crippen molar-refractivity contribution in [2.24, 2.45) is 0 Å². The molecule has 6 heteroatoms. The second kappa shape index (κ2) is 7.01. The fraction of sp³-hybridized carbons (Fsp3) is 0.600. The van der Waals surface area contributed by atoms with Gasteiger partial charge in [0.25, 0.3) is 0 Å². The number of hydrogen-bond donors (Lipinski definition) is 1. The Morgan fingerprint density at radius 3 is 2.29 bits per heavy atom. The minimum Gasteiger partial charge on any atom is -0.374 e. The van der Waals surface area contributed by atoms with E-state index in [4.69, 9.17) is 0 Å². The van der Waals surface area contributed by atoms with Crippen LogP contribution in [0.5, 0.6) is 0 Å². The molecule has 120 valence electrons. The number of hydrogen-bond acceptors (Lipinski definition) is 2. The van der Waals surface area contributed by atoms with Gasteiger partial charge < -0.3 is 10.2 Å². The van der Waals surface area contributed by atoms with Crippen molar-refractivity contribution in [1.29, 1.82) is 0 Å². The van der Waals surface area contributed by atoms with Gasteiger partial charge in [0, 0.05) is 35.8 Å². The van der Waals surface area contributed by atoms with Crippen molar-refractivity contribution < 1.29 is 13.2 Å². The van der Waals surface area contributed by atoms with Gasteiger partial charge in [0.2, 0.25) is 0 Å². The molecule has 0 aliphatic rings. The summed E-state index contributed by atoms with van der Waals surface area (Å²) >= 11 is 3.48. The number of alkyl halides is 3. The van der Waals surface area contributed by atoms with Gasteiger partial charge >= 0.3 is 6.18 Å². The Labute approximate surface area is 132 Å². The number of benzene rings is 1. The van der Waals surface area contributed by atoms with Crippen molar-refractivity contribution in [3.8, 4) is 0 Å². The second-order valence-corrected chi connectivity index (χ2v) is 7.02. The van der Waals surface area contributed by atoms with E-state index >= 15 is 0 Å². The first-order valence-electron chi connectivity index (χ1n) is 6.79. The zero-order chi connectivity index (χ0) is 16.3. The van der Waals surface area contributed by atoms with Crippen LogP contribution in [0, 0.1) is 0 Å². The lowest BCUT2D eigenvalue weighted by molar-refractivity contribution is -0.132. The molecule has 0 spiro atoms. The molecular weight excluding hydrogens is 345 g/mol. The van der Waals surface area contributed by atoms with E-state index in [0.29, 0.717) is 6.54 Å². The molecule has 2 nitrogen and oxygen atoms in total. The molecule has 0 aliphatic carbocycles. The molecule has 1 rings (SSSR count). The Hall–Kier alpha value is -0.750. The van der Waals surface area contributed by atoms with Gasteiger partial charge in [-0.05, 0) is 38.5 Å². The maximum atomic E-state index is 12.2. The third-order valence-corrected chi connectivity index (χ3v) is 3.76. The van der Waals surface area contributed by atoms with Crippen molar-refractivity contribution in [2.75, 3.05) is 18.5 Å². The fourth-order valence-corrected chi connectivity index (χ4v) is 2.21. The van der Waals surface area contributed by atoms with E-state index in [1.54, 1.807) is 11.9 Å². The summed E-state index contributed by atoms with van der Waals surface area (Å²) < 4.78 is 37.6. The Balaban J connectivity index is 2.69. The molecule has 1 N–H and O–H groups in total. The topological polar surface area (TPSA) is 15.3 Å². The van der Waals surface area contributed by atoms with Gasteiger partial charge in [-0.25, -0.2) is 0 Å². The quantitative estimate of drug-likeness (QED) is 0.810. The summed E-state index contributed by atoms with van der Waals surface area (Å²) in [4.78, 5) is 1.61. The molecular formula is C15H22BrF3N2. The van der Waals surface area contributed by atoms with E-state index in [9.17, 15) is 13.2 Å². The first kappa shape index (κ1) is 18.3. The van der Waals surface area contributed by atoms with Crippen LogP contribution >= 0.6 is 15.9 Å². The van der Waals surface area contributed by atoms with Crippen molar-refractivity contribution in [1.82, 2.24) is 5.32 Å². The SMILES string of the molecule is CN(CCC(F)(F)F)c1ccc(CNC(C)(C)C)c(Br)c1. The van der Waals surface area contributed by atoms with Crippen molar-refractivity contribution >= 4 is 21.6 Å². The van der Waals surface area contributed by atoms with Gasteiger partial charge in [-0.2, -0.15) is 13.2 Å². The lowest BCUT2D eigenvalue weighted by Gasteiger charge is -2.23. The van der Waals surface area contributed by atoms with E-state index in [1.807, 2.05) is 18.2 Å². The molecule has 1 aromatic carbocycles. The van der Waals surface area contributed by atoms with Crippen LogP contribution < -0.4 is 10.2 Å². The summed E-state index contributed by atoms with van der Waals surface area (Å²) in [6.45, 7) is 6.91. The van der Waals surface area contributed by atoms with Gasteiger partial charge in [-0.15, -0.1) is 0 Å². The van der Waals surface area contributed by atoms with Crippen molar-refractivity contribution in [2.45, 2.75) is 45.5 Å². The normalized spacial score (nSPS) is 12.6. The molecule has 0 saturated heterocycles. The average molecular weight is 367 g/mol. The van der Waals surface area contributed by atoms with Crippen LogP contribution in [0.4, 0.5) is 18.9 Å². The second-order valence-electron chi connectivity index (χ2n) is 6.17. The summed E-state index contributed by atoms with van der Waals surface area (Å²) in [7, 11) is 1.67. The maximum absolute atomic E-state index is 12.2. The van der Waals surface area contributed by atoms with Crippen molar-refractivity contribution in [3.63, 3.8) is 0 Å². The molecule has 0 aromatic heterocycles. The molecule has 0 saturated carbocycles. The van der Waals surface area contributed by atoms with E-state index < -0.39 is 12.6 Å². The molecule has 1 aromatic rings. The van der Waals surface area contributed by atoms with Crippen LogP contribution in [0.3, 0.4) is 0 Å². The van der Waals surface area contributed by atoms with Crippen LogP contribution in [0.1, 0.15) is 32.8 Å². The lowest BCUT2D eigenvalue weighted by Crippen LogP contribution is -2.35. The summed E-state index contributed by atoms with van der Waals surface area (Å²) in [5.74, 6) is 0. The molecule has 21 heavy (non-hydrogen) atoms. The van der Waals surface area contributed by atoms with Crippen LogP contribution in [-0.2, 0) is 6.54 Å². The first-order valence-corrected chi connectivity index (χ1v) is 7.58. The molecule has 0 amide bonds. The van der Waals surface area contributed by atoms with E-state index in [2.05, 4.69) is 42.0 Å². The number of halogens is 4. The predicted molar refractivity (Wildman–Crippen MR) is 84.7 cm³/mol. The predicted octanol–water partition coefficient (Wildman–Crippen LogP) is 4.73. The van der Waals surface area contributed by atoms with Crippen LogP contribution in [0.15, 0.2) is 22.7 Å². The number of nitrogens with one attached hydrogen (secondary N) is 1. The highest BCUT2D eigenvalue weighted by atomic mass is 79.9. The number of nitrogens with zero attached hydrogens (tertiary/aromatic N) is 1. The summed E-state index contributed by atoms with van der Waals surface area (Å²) in [6, 6.07) is 5.64. The monoisotopic (exact) mass is 366 g/mol. The van der Waals surface area contributed by atoms with Gasteiger partial charge in [-0.3, -0.25) is 0 Å². The summed E-state index contributed by atoms with van der Waals surface area (Å²) in [6.07, 6.45) is -4.93. The standard InChI is InChI=1S/C15H22BrF3N2/c1-14(2,3)20-10-11-5-6-12(9-13(11)16)21(4)8-7-15(17,18)19/h5-6,9,20H,7-8,10H2,1-4H3. The molecule has 0 aliphatic heterocycles. The zero-order valence-electron chi connectivity index (χ0n) is 12.8. The minimum atomic E-state index is -4.12. The highest BCUT2D eigenvalue weighted by Gasteiger charge is 2.27. The van der Waals surface area contributed by atoms with E-state index in [0.717, 1.165) is 15.7 Å². The largest absolute Gasteiger partial charge is 0.390 e. The van der Waals surface area contributed by atoms with Gasteiger partial charge in [0.1, 0.15) is 0 Å². The molecule has 0 radical (unpaired) electrons. The number of rotatable bonds is 5. The van der Waals surface area contributed by atoms with Crippen LogP contribution in [-0.4, -0.2) is 25.3 Å². The fourth-order valence-electron chi connectivity index (χ4n) is 1.70. The number of anilines is 1. The molecule has 0 atom stereocenters. The summed E-state index contributed by atoms with van der Waals surface area (Å²) in [5.41, 5.74) is 1.87. The Morgan fingerprint density at radius 2 is 1.81 bits per heavy atom. The van der Waals surface area contributed by atoms with E-state index in [1.165, 1.54) is 0 Å². The molecule has 0 bridgehead atoms. The van der Waals surface area contributed by atoms with E-state index in [-0.39, 0.29) is 12.1 Å². The van der Waals surface area contributed by atoms with Crippen molar-refractivity contribution in [3.05, 3.63) is 28.2 Å². The average Bonchev–Trinajstić information content (AvgIpc) is 2.32. The van der Waals surface area contributed by atoms with Crippen LogP contribution in [0.25, 0.3) is 0 Å². The first-order chi connectivity index (χ1) is 9.48. The highest BCUT2D eigenvalue weighted by molar-refractivity contribution is 9.10. The van der Waals surface area contributed by atoms with Crippen LogP contribution in [0.2, 0.25) is 0 Å². The molecule has 0 unspecified atom stereocenters. The Kier molecular flexibility index (Phi) is 6.11. The third-order valence-electron chi connectivity index (χ3n) is 3.02. The summed E-state index contributed by atoms with van der Waals surface area (Å²) in [5, 5.41) is 3.38. The Bertz CT molecular complexity index is 467. The van der Waals surface area contributed by atoms with Gasteiger partial charge in [0.15, 0.2) is 0 Å². The highest BCUT2D eigenvalue weighted by Crippen LogP contribution is 2.26. The Morgan fingerprint density at radius 1 is 1.19 bits per heavy atom. The minimum absolute atomic E-state index is 0.0155.